The van der Waals surface area contributed by atoms with Crippen LogP contribution in [0, 0.1) is 0 Å². The van der Waals surface area contributed by atoms with Crippen LogP contribution in [0.25, 0.3) is 0 Å². The number of hydrogen-bond donors (Lipinski definition) is 3. The molecule has 0 aromatic heterocycles. The van der Waals surface area contributed by atoms with Crippen LogP contribution in [-0.2, 0) is 23.3 Å². The van der Waals surface area contributed by atoms with Crippen LogP contribution in [0.15, 0.2) is 36.4 Å². The van der Waals surface area contributed by atoms with E-state index in [0.29, 0.717) is 13.2 Å². The summed E-state index contributed by atoms with van der Waals surface area (Å²) in [6, 6.07) is 13.6. The molecule has 2 aromatic carbocycles. The Labute approximate surface area is 198 Å². The van der Waals surface area contributed by atoms with Gasteiger partial charge in [0.2, 0.25) is 0 Å². The van der Waals surface area contributed by atoms with Gasteiger partial charge in [-0.3, -0.25) is 9.80 Å². The molecule has 6 heteroatoms. The van der Waals surface area contributed by atoms with E-state index in [0.717, 1.165) is 52.4 Å². The zero-order valence-corrected chi connectivity index (χ0v) is 20.5. The monoisotopic (exact) mass is 452 g/mol. The van der Waals surface area contributed by atoms with Gasteiger partial charge in [0.1, 0.15) is 0 Å². The summed E-state index contributed by atoms with van der Waals surface area (Å²) in [5.74, 6) is 0. The van der Waals surface area contributed by atoms with Crippen molar-refractivity contribution in [2.45, 2.75) is 39.3 Å². The minimum atomic E-state index is -0.0453. The number of fused-ring (bicyclic) bond motifs is 2. The first-order valence-corrected chi connectivity index (χ1v) is 12.4. The van der Waals surface area contributed by atoms with Crippen LogP contribution in [-0.4, -0.2) is 73.9 Å². The predicted octanol–water partition coefficient (Wildman–Crippen LogP) is 3.31. The molecule has 0 radical (unpaired) electrons. The number of aliphatic hydroxyl groups excluding tert-OH is 1. The van der Waals surface area contributed by atoms with E-state index in [1.165, 1.54) is 33.6 Å². The zero-order valence-electron chi connectivity index (χ0n) is 20.5. The standard InChI is InChI=1S/C27H40N4O2/c1-4-33-20-22-5-7-23-26(18-22)29-25-8-6-21(17-24(25)27(23,2)3)19-31-14-12-30(13-15-31)11-9-28-10-16-32/h5-8,17-18,28-29,32H,4,9-16,19-20H2,1-3H3. The van der Waals surface area contributed by atoms with Crippen LogP contribution in [0.5, 0.6) is 0 Å². The largest absolute Gasteiger partial charge is 0.395 e. The van der Waals surface area contributed by atoms with Crippen molar-refractivity contribution in [2.24, 2.45) is 0 Å². The molecule has 2 aromatic rings. The topological polar surface area (TPSA) is 60.0 Å². The number of ether oxygens (including phenoxy) is 1. The highest BCUT2D eigenvalue weighted by Crippen LogP contribution is 2.45. The maximum atomic E-state index is 8.88. The maximum Gasteiger partial charge on any atom is 0.0717 e. The molecule has 0 bridgehead atoms. The van der Waals surface area contributed by atoms with E-state index in [1.807, 2.05) is 6.92 Å². The number of anilines is 2. The number of nitrogens with one attached hydrogen (secondary N) is 2. The molecule has 0 aliphatic carbocycles. The number of benzene rings is 2. The van der Waals surface area contributed by atoms with Crippen LogP contribution >= 0.6 is 0 Å². The molecule has 0 saturated carbocycles. The van der Waals surface area contributed by atoms with Gasteiger partial charge in [-0.15, -0.1) is 0 Å². The normalized spacial score (nSPS) is 17.9. The summed E-state index contributed by atoms with van der Waals surface area (Å²) in [4.78, 5) is 5.08. The van der Waals surface area contributed by atoms with Crippen molar-refractivity contribution in [1.82, 2.24) is 15.1 Å². The maximum absolute atomic E-state index is 8.88. The third-order valence-electron chi connectivity index (χ3n) is 7.02. The first-order chi connectivity index (χ1) is 16.0. The summed E-state index contributed by atoms with van der Waals surface area (Å²) in [7, 11) is 0. The first kappa shape index (κ1) is 24.2. The minimum absolute atomic E-state index is 0.0453. The third kappa shape index (κ3) is 5.76. The summed E-state index contributed by atoms with van der Waals surface area (Å²) < 4.78 is 5.61. The lowest BCUT2D eigenvalue weighted by molar-refractivity contribution is 0.127. The summed E-state index contributed by atoms with van der Waals surface area (Å²) in [5.41, 5.74) is 7.68. The van der Waals surface area contributed by atoms with Crippen LogP contribution in [0.4, 0.5) is 11.4 Å². The van der Waals surface area contributed by atoms with E-state index < -0.39 is 0 Å². The third-order valence-corrected chi connectivity index (χ3v) is 7.02. The molecule has 180 valence electrons. The van der Waals surface area contributed by atoms with E-state index in [-0.39, 0.29) is 12.0 Å². The molecule has 1 fully saturated rings. The molecule has 2 aliphatic heterocycles. The van der Waals surface area contributed by atoms with E-state index in [2.05, 4.69) is 70.7 Å². The molecule has 2 heterocycles. The fraction of sp³-hybridized carbons (Fsp3) is 0.556. The minimum Gasteiger partial charge on any atom is -0.395 e. The molecule has 0 unspecified atom stereocenters. The summed E-state index contributed by atoms with van der Waals surface area (Å²) in [5, 5.41) is 15.8. The Balaban J connectivity index is 1.39. The van der Waals surface area contributed by atoms with Crippen LogP contribution in [0.2, 0.25) is 0 Å². The molecule has 3 N–H and O–H groups in total. The zero-order chi connectivity index (χ0) is 23.3. The molecule has 1 saturated heterocycles. The predicted molar refractivity (Wildman–Crippen MR) is 135 cm³/mol. The molecule has 33 heavy (non-hydrogen) atoms. The molecular weight excluding hydrogens is 412 g/mol. The van der Waals surface area contributed by atoms with Gasteiger partial charge in [-0.25, -0.2) is 0 Å². The summed E-state index contributed by atoms with van der Waals surface area (Å²) in [6.07, 6.45) is 0. The van der Waals surface area contributed by atoms with Crippen LogP contribution < -0.4 is 10.6 Å². The lowest BCUT2D eigenvalue weighted by Crippen LogP contribution is -2.47. The highest BCUT2D eigenvalue weighted by molar-refractivity contribution is 5.76. The van der Waals surface area contributed by atoms with Crippen molar-refractivity contribution in [3.8, 4) is 0 Å². The quantitative estimate of drug-likeness (QED) is 0.481. The smallest absolute Gasteiger partial charge is 0.0717 e. The van der Waals surface area contributed by atoms with Crippen molar-refractivity contribution < 1.29 is 9.84 Å². The highest BCUT2D eigenvalue weighted by Gasteiger charge is 2.33. The molecule has 0 atom stereocenters. The number of hydrogen-bond acceptors (Lipinski definition) is 6. The first-order valence-electron chi connectivity index (χ1n) is 12.4. The van der Waals surface area contributed by atoms with Gasteiger partial charge in [0, 0.05) is 75.8 Å². The van der Waals surface area contributed by atoms with E-state index in [9.17, 15) is 0 Å². The summed E-state index contributed by atoms with van der Waals surface area (Å²) >= 11 is 0. The average molecular weight is 453 g/mol. The van der Waals surface area contributed by atoms with Crippen LogP contribution in [0.1, 0.15) is 43.0 Å². The van der Waals surface area contributed by atoms with Crippen molar-refractivity contribution in [2.75, 3.05) is 64.3 Å². The highest BCUT2D eigenvalue weighted by atomic mass is 16.5. The Morgan fingerprint density at radius 2 is 1.70 bits per heavy atom. The van der Waals surface area contributed by atoms with Crippen molar-refractivity contribution in [1.29, 1.82) is 0 Å². The molecular formula is C27H40N4O2. The van der Waals surface area contributed by atoms with Gasteiger partial charge >= 0.3 is 0 Å². The van der Waals surface area contributed by atoms with Gasteiger partial charge in [0.25, 0.3) is 0 Å². The Morgan fingerprint density at radius 1 is 0.939 bits per heavy atom. The van der Waals surface area contributed by atoms with Crippen molar-refractivity contribution in [3.63, 3.8) is 0 Å². The van der Waals surface area contributed by atoms with Crippen molar-refractivity contribution >= 4 is 11.4 Å². The molecule has 4 rings (SSSR count). The number of nitrogens with zero attached hydrogens (tertiary/aromatic N) is 2. The van der Waals surface area contributed by atoms with Crippen LogP contribution in [0.3, 0.4) is 0 Å². The van der Waals surface area contributed by atoms with Gasteiger partial charge in [0.05, 0.1) is 13.2 Å². The van der Waals surface area contributed by atoms with Gasteiger partial charge in [-0.1, -0.05) is 38.1 Å². The number of aliphatic hydroxyl groups is 1. The van der Waals surface area contributed by atoms with Gasteiger partial charge in [-0.2, -0.15) is 0 Å². The second-order valence-electron chi connectivity index (χ2n) is 9.74. The lowest BCUT2D eigenvalue weighted by atomic mass is 9.73. The molecule has 6 nitrogen and oxygen atoms in total. The Morgan fingerprint density at radius 3 is 2.45 bits per heavy atom. The van der Waals surface area contributed by atoms with Crippen molar-refractivity contribution in [3.05, 3.63) is 58.7 Å². The number of piperazine rings is 1. The fourth-order valence-corrected chi connectivity index (χ4v) is 5.03. The Kier molecular flexibility index (Phi) is 8.04. The van der Waals surface area contributed by atoms with E-state index in [1.54, 1.807) is 0 Å². The van der Waals surface area contributed by atoms with Gasteiger partial charge < -0.3 is 20.5 Å². The fourth-order valence-electron chi connectivity index (χ4n) is 5.03. The Bertz CT molecular complexity index is 922. The summed E-state index contributed by atoms with van der Waals surface area (Å²) in [6.45, 7) is 16.4. The van der Waals surface area contributed by atoms with Gasteiger partial charge in [0.15, 0.2) is 0 Å². The lowest BCUT2D eigenvalue weighted by Gasteiger charge is -2.37. The molecule has 2 aliphatic rings. The molecule has 0 spiro atoms. The molecule has 0 amide bonds. The Hall–Kier alpha value is -1.96. The number of rotatable bonds is 10. The average Bonchev–Trinajstić information content (AvgIpc) is 2.82. The van der Waals surface area contributed by atoms with Gasteiger partial charge in [-0.05, 0) is 41.3 Å². The van der Waals surface area contributed by atoms with E-state index >= 15 is 0 Å². The second-order valence-corrected chi connectivity index (χ2v) is 9.74. The SMILES string of the molecule is CCOCc1ccc2c(c1)Nc1ccc(CN3CCN(CCNCCO)CC3)cc1C2(C)C. The van der Waals surface area contributed by atoms with E-state index in [4.69, 9.17) is 9.84 Å². The second kappa shape index (κ2) is 11.0.